The van der Waals surface area contributed by atoms with Crippen LogP contribution in [-0.2, 0) is 0 Å². The first kappa shape index (κ1) is 11.1. The van der Waals surface area contributed by atoms with Crippen LogP contribution in [0.5, 0.6) is 11.5 Å². The van der Waals surface area contributed by atoms with Crippen molar-refractivity contribution < 1.29 is 22.6 Å². The Kier molecular flexibility index (Phi) is 2.67. The fourth-order valence-electron chi connectivity index (χ4n) is 1.60. The Hall–Kier alpha value is -1.43. The van der Waals surface area contributed by atoms with Crippen molar-refractivity contribution in [3.8, 4) is 11.5 Å². The molecule has 88 valence electrons. The van der Waals surface area contributed by atoms with Gasteiger partial charge in [0.15, 0.2) is 0 Å². The van der Waals surface area contributed by atoms with Crippen molar-refractivity contribution >= 4 is 0 Å². The zero-order valence-corrected chi connectivity index (χ0v) is 8.25. The van der Waals surface area contributed by atoms with Gasteiger partial charge in [0, 0.05) is 18.0 Å². The zero-order chi connectivity index (χ0) is 11.8. The van der Waals surface area contributed by atoms with E-state index >= 15 is 0 Å². The molecule has 0 fully saturated rings. The molecule has 0 amide bonds. The van der Waals surface area contributed by atoms with Crippen LogP contribution in [-0.4, -0.2) is 13.0 Å². The molecule has 0 aromatic heterocycles. The molecule has 0 saturated carbocycles. The molecule has 0 unspecified atom stereocenters. The molecule has 0 saturated heterocycles. The second-order valence-electron chi connectivity index (χ2n) is 3.49. The van der Waals surface area contributed by atoms with Crippen molar-refractivity contribution in [1.82, 2.24) is 0 Å². The summed E-state index contributed by atoms with van der Waals surface area (Å²) in [6.45, 7) is 0.480. The largest absolute Gasteiger partial charge is 0.573 e. The Morgan fingerprint density at radius 1 is 1.38 bits per heavy atom. The van der Waals surface area contributed by atoms with Crippen LogP contribution in [0, 0.1) is 0 Å². The summed E-state index contributed by atoms with van der Waals surface area (Å²) in [5.41, 5.74) is 6.31. The van der Waals surface area contributed by atoms with E-state index in [1.807, 2.05) is 0 Å². The predicted octanol–water partition coefficient (Wildman–Crippen LogP) is 2.37. The van der Waals surface area contributed by atoms with Gasteiger partial charge in [0.1, 0.15) is 11.5 Å². The lowest BCUT2D eigenvalue weighted by atomic mass is 10.0. The number of hydrogen-bond donors (Lipinski definition) is 1. The molecule has 0 aliphatic carbocycles. The van der Waals surface area contributed by atoms with Crippen molar-refractivity contribution in [1.29, 1.82) is 0 Å². The topological polar surface area (TPSA) is 44.5 Å². The summed E-state index contributed by atoms with van der Waals surface area (Å²) in [6, 6.07) is 3.62. The van der Waals surface area contributed by atoms with Crippen molar-refractivity contribution in [3.63, 3.8) is 0 Å². The number of alkyl halides is 3. The van der Waals surface area contributed by atoms with Gasteiger partial charge < -0.3 is 15.2 Å². The first-order valence-corrected chi connectivity index (χ1v) is 4.74. The van der Waals surface area contributed by atoms with E-state index in [0.29, 0.717) is 24.3 Å². The number of nitrogens with two attached hydrogens (primary N) is 1. The van der Waals surface area contributed by atoms with Crippen LogP contribution in [0.2, 0.25) is 0 Å². The summed E-state index contributed by atoms with van der Waals surface area (Å²) in [4.78, 5) is 0. The molecular weight excluding hydrogens is 223 g/mol. The molecule has 3 nitrogen and oxygen atoms in total. The SMILES string of the molecule is N[C@@H]1CCOc2ccc(OC(F)(F)F)cc21. The molecule has 1 heterocycles. The van der Waals surface area contributed by atoms with Crippen LogP contribution in [0.1, 0.15) is 18.0 Å². The molecular formula is C10H10F3NO2. The third kappa shape index (κ3) is 2.38. The third-order valence-electron chi connectivity index (χ3n) is 2.30. The monoisotopic (exact) mass is 233 g/mol. The van der Waals surface area contributed by atoms with Gasteiger partial charge >= 0.3 is 6.36 Å². The fraction of sp³-hybridized carbons (Fsp3) is 0.400. The molecule has 0 spiro atoms. The van der Waals surface area contributed by atoms with Crippen LogP contribution in [0.15, 0.2) is 18.2 Å². The standard InChI is InChI=1S/C10H10F3NO2/c11-10(12,13)16-6-1-2-9-7(5-6)8(14)3-4-15-9/h1-2,5,8H,3-4,14H2/t8-/m1/s1. The summed E-state index contributed by atoms with van der Waals surface area (Å²) < 4.78 is 45.0. The van der Waals surface area contributed by atoms with E-state index in [2.05, 4.69) is 4.74 Å². The molecule has 0 radical (unpaired) electrons. The lowest BCUT2D eigenvalue weighted by molar-refractivity contribution is -0.274. The minimum absolute atomic E-state index is 0.271. The summed E-state index contributed by atoms with van der Waals surface area (Å²) in [5.74, 6) is 0.250. The average Bonchev–Trinajstić information content (AvgIpc) is 2.17. The Morgan fingerprint density at radius 2 is 2.12 bits per heavy atom. The maximum atomic E-state index is 12.0. The maximum Gasteiger partial charge on any atom is 0.573 e. The second kappa shape index (κ2) is 3.86. The van der Waals surface area contributed by atoms with E-state index in [0.717, 1.165) is 0 Å². The van der Waals surface area contributed by atoms with Crippen molar-refractivity contribution in [2.24, 2.45) is 5.73 Å². The van der Waals surface area contributed by atoms with E-state index in [4.69, 9.17) is 10.5 Å². The number of rotatable bonds is 1. The first-order valence-electron chi connectivity index (χ1n) is 4.74. The maximum absolute atomic E-state index is 12.0. The Balaban J connectivity index is 2.27. The van der Waals surface area contributed by atoms with Gasteiger partial charge in [0.25, 0.3) is 0 Å². The highest BCUT2D eigenvalue weighted by Gasteiger charge is 2.31. The third-order valence-corrected chi connectivity index (χ3v) is 2.30. The molecule has 16 heavy (non-hydrogen) atoms. The van der Waals surface area contributed by atoms with Crippen LogP contribution < -0.4 is 15.2 Å². The van der Waals surface area contributed by atoms with Gasteiger partial charge in [0.05, 0.1) is 6.61 Å². The highest BCUT2D eigenvalue weighted by molar-refractivity contribution is 5.43. The minimum Gasteiger partial charge on any atom is -0.493 e. The number of benzene rings is 1. The van der Waals surface area contributed by atoms with E-state index in [1.165, 1.54) is 18.2 Å². The lowest BCUT2D eigenvalue weighted by Gasteiger charge is -2.23. The van der Waals surface area contributed by atoms with Gasteiger partial charge in [-0.3, -0.25) is 0 Å². The molecule has 1 aliphatic rings. The highest BCUT2D eigenvalue weighted by Crippen LogP contribution is 2.34. The summed E-state index contributed by atoms with van der Waals surface area (Å²) in [5, 5.41) is 0. The Bertz CT molecular complexity index is 392. The summed E-state index contributed by atoms with van der Waals surface area (Å²) in [7, 11) is 0. The van der Waals surface area contributed by atoms with Gasteiger partial charge in [0.2, 0.25) is 0 Å². The van der Waals surface area contributed by atoms with Gasteiger partial charge in [-0.15, -0.1) is 13.2 Å². The van der Waals surface area contributed by atoms with E-state index in [1.54, 1.807) is 0 Å². The van der Waals surface area contributed by atoms with E-state index < -0.39 is 6.36 Å². The normalized spacial score (nSPS) is 19.9. The highest BCUT2D eigenvalue weighted by atomic mass is 19.4. The van der Waals surface area contributed by atoms with Crippen LogP contribution in [0.4, 0.5) is 13.2 Å². The first-order chi connectivity index (χ1) is 7.46. The van der Waals surface area contributed by atoms with Crippen molar-refractivity contribution in [3.05, 3.63) is 23.8 Å². The smallest absolute Gasteiger partial charge is 0.493 e. The Morgan fingerprint density at radius 3 is 2.81 bits per heavy atom. The molecule has 1 aromatic rings. The number of halogens is 3. The average molecular weight is 233 g/mol. The molecule has 1 atom stereocenters. The molecule has 2 N–H and O–H groups in total. The quantitative estimate of drug-likeness (QED) is 0.809. The predicted molar refractivity (Wildman–Crippen MR) is 50.2 cm³/mol. The summed E-state index contributed by atoms with van der Waals surface area (Å²) >= 11 is 0. The van der Waals surface area contributed by atoms with Crippen LogP contribution >= 0.6 is 0 Å². The molecule has 2 rings (SSSR count). The van der Waals surface area contributed by atoms with E-state index in [-0.39, 0.29) is 11.8 Å². The molecule has 1 aromatic carbocycles. The van der Waals surface area contributed by atoms with Gasteiger partial charge in [-0.1, -0.05) is 0 Å². The molecule has 0 bridgehead atoms. The lowest BCUT2D eigenvalue weighted by Crippen LogP contribution is -2.21. The number of fused-ring (bicyclic) bond motifs is 1. The van der Waals surface area contributed by atoms with Crippen LogP contribution in [0.25, 0.3) is 0 Å². The number of ether oxygens (including phenoxy) is 2. The van der Waals surface area contributed by atoms with Gasteiger partial charge in [-0.25, -0.2) is 0 Å². The summed E-state index contributed by atoms with van der Waals surface area (Å²) in [6.07, 6.45) is -4.10. The second-order valence-corrected chi connectivity index (χ2v) is 3.49. The van der Waals surface area contributed by atoms with E-state index in [9.17, 15) is 13.2 Å². The zero-order valence-electron chi connectivity index (χ0n) is 8.25. The van der Waals surface area contributed by atoms with Crippen LogP contribution in [0.3, 0.4) is 0 Å². The van der Waals surface area contributed by atoms with Gasteiger partial charge in [-0.2, -0.15) is 0 Å². The number of hydrogen-bond acceptors (Lipinski definition) is 3. The fourth-order valence-corrected chi connectivity index (χ4v) is 1.60. The Labute approximate surface area is 89.9 Å². The van der Waals surface area contributed by atoms with Gasteiger partial charge in [-0.05, 0) is 18.2 Å². The van der Waals surface area contributed by atoms with Crippen molar-refractivity contribution in [2.45, 2.75) is 18.8 Å². The van der Waals surface area contributed by atoms with Crippen molar-refractivity contribution in [2.75, 3.05) is 6.61 Å². The minimum atomic E-state index is -4.69. The molecule has 6 heteroatoms. The molecule has 1 aliphatic heterocycles.